The molecule has 2 fully saturated rings. The van der Waals surface area contributed by atoms with Crippen molar-refractivity contribution in [2.75, 3.05) is 25.0 Å². The third-order valence-electron chi connectivity index (χ3n) is 7.21. The minimum absolute atomic E-state index is 0.0423. The van der Waals surface area contributed by atoms with Crippen LogP contribution in [0, 0.1) is 11.7 Å². The summed E-state index contributed by atoms with van der Waals surface area (Å²) in [6.07, 6.45) is -3.23. The average Bonchev–Trinajstić information content (AvgIpc) is 3.52. The van der Waals surface area contributed by atoms with Crippen molar-refractivity contribution in [1.82, 2.24) is 9.47 Å². The van der Waals surface area contributed by atoms with Crippen LogP contribution in [0.2, 0.25) is 0 Å². The second-order valence-electron chi connectivity index (χ2n) is 11.1. The van der Waals surface area contributed by atoms with Gasteiger partial charge in [0.15, 0.2) is 0 Å². The van der Waals surface area contributed by atoms with E-state index in [1.165, 1.54) is 14.4 Å². The van der Waals surface area contributed by atoms with E-state index < -0.39 is 74.9 Å². The highest BCUT2D eigenvalue weighted by Crippen LogP contribution is 2.47. The van der Waals surface area contributed by atoms with E-state index in [1.54, 1.807) is 34.7 Å². The number of carbonyl (C=O) groups is 2. The van der Waals surface area contributed by atoms with Crippen molar-refractivity contribution < 1.29 is 37.0 Å². The number of anilines is 1. The molecule has 1 aliphatic carbocycles. The van der Waals surface area contributed by atoms with Crippen LogP contribution in [-0.4, -0.2) is 58.4 Å². The van der Waals surface area contributed by atoms with E-state index in [0.717, 1.165) is 12.3 Å². The summed E-state index contributed by atoms with van der Waals surface area (Å²) in [6, 6.07) is -0.100. The number of carboxylic acids is 1. The number of ether oxygens (including phenoxy) is 1. The predicted octanol–water partition coefficient (Wildman–Crippen LogP) is 5.27. The minimum Gasteiger partial charge on any atom is -0.477 e. The van der Waals surface area contributed by atoms with Gasteiger partial charge in [-0.2, -0.15) is 13.2 Å². The van der Waals surface area contributed by atoms with Crippen molar-refractivity contribution in [3.05, 3.63) is 39.4 Å². The van der Waals surface area contributed by atoms with Crippen LogP contribution < -0.4 is 10.3 Å². The number of pyridine rings is 1. The first-order chi connectivity index (χ1) is 17.5. The summed E-state index contributed by atoms with van der Waals surface area (Å²) in [4.78, 5) is 39.6. The number of benzene rings is 1. The number of amides is 1. The number of carboxylic acid groups (broad SMARTS) is 1. The smallest absolute Gasteiger partial charge is 0.420 e. The molecule has 0 radical (unpaired) electrons. The molecule has 0 spiro atoms. The molecule has 4 rings (SSSR count). The number of halogens is 4. The summed E-state index contributed by atoms with van der Waals surface area (Å²) in [5.41, 5.74) is -5.05. The monoisotopic (exact) mass is 541 g/mol. The summed E-state index contributed by atoms with van der Waals surface area (Å²) in [5.74, 6) is -3.11. The Bertz CT molecular complexity index is 1340. The van der Waals surface area contributed by atoms with E-state index in [-0.39, 0.29) is 19.0 Å². The van der Waals surface area contributed by atoms with Crippen LogP contribution in [-0.2, 0) is 10.9 Å². The summed E-state index contributed by atoms with van der Waals surface area (Å²) >= 11 is 0. The average molecular weight is 542 g/mol. The first kappa shape index (κ1) is 27.7. The number of rotatable bonds is 5. The van der Waals surface area contributed by atoms with Crippen molar-refractivity contribution >= 4 is 28.7 Å². The molecule has 8 nitrogen and oxygen atoms in total. The summed E-state index contributed by atoms with van der Waals surface area (Å²) in [5, 5.41) is 8.82. The summed E-state index contributed by atoms with van der Waals surface area (Å²) < 4.78 is 65.9. The van der Waals surface area contributed by atoms with Gasteiger partial charge in [-0.05, 0) is 58.9 Å². The molecule has 2 aromatic rings. The van der Waals surface area contributed by atoms with Crippen LogP contribution in [0.1, 0.15) is 68.9 Å². The predicted molar refractivity (Wildman–Crippen MR) is 132 cm³/mol. The molecule has 1 amide bonds. The van der Waals surface area contributed by atoms with Crippen LogP contribution in [0.4, 0.5) is 28.0 Å². The lowest BCUT2D eigenvalue weighted by molar-refractivity contribution is -0.136. The third kappa shape index (κ3) is 5.17. The van der Waals surface area contributed by atoms with Crippen molar-refractivity contribution in [2.24, 2.45) is 5.92 Å². The zero-order valence-corrected chi connectivity index (χ0v) is 21.9. The molecule has 1 aromatic heterocycles. The molecule has 2 aliphatic rings. The van der Waals surface area contributed by atoms with Gasteiger partial charge in [-0.1, -0.05) is 0 Å². The molecule has 208 valence electrons. The Morgan fingerprint density at radius 2 is 1.82 bits per heavy atom. The summed E-state index contributed by atoms with van der Waals surface area (Å²) in [7, 11) is 1.55. The van der Waals surface area contributed by atoms with Gasteiger partial charge in [-0.3, -0.25) is 4.79 Å². The molecule has 12 heteroatoms. The number of nitrogens with zero attached hydrogens (tertiary/aromatic N) is 3. The quantitative estimate of drug-likeness (QED) is 0.519. The lowest BCUT2D eigenvalue weighted by Gasteiger charge is -2.32. The lowest BCUT2D eigenvalue weighted by Crippen LogP contribution is -2.43. The fraction of sp³-hybridized carbons (Fsp3) is 0.577. The van der Waals surface area contributed by atoms with Gasteiger partial charge in [0, 0.05) is 38.4 Å². The zero-order valence-electron chi connectivity index (χ0n) is 21.9. The Kier molecular flexibility index (Phi) is 6.90. The van der Waals surface area contributed by atoms with Gasteiger partial charge in [-0.15, -0.1) is 0 Å². The number of alkyl halides is 3. The molecule has 2 atom stereocenters. The normalized spacial score (nSPS) is 19.1. The molecule has 1 saturated heterocycles. The number of aromatic nitrogens is 1. The van der Waals surface area contributed by atoms with Crippen molar-refractivity contribution in [2.45, 2.75) is 70.8 Å². The fourth-order valence-corrected chi connectivity index (χ4v) is 5.05. The molecule has 0 bridgehead atoms. The Hall–Kier alpha value is -3.31. The van der Waals surface area contributed by atoms with Crippen LogP contribution in [0.3, 0.4) is 0 Å². The standard InChI is InChI=1S/C26H31F4N3O5/c1-13(31(5)24(37)38-25(2,3)4)14-8-9-32(11-14)21-18(27)10-16-20(19(21)26(28,29)30)33(15-6-7-15)12-17(22(16)34)23(35)36/h10,12-15H,6-9,11H2,1-5H3,(H,35,36)/t13-,14-/m1/s1. The number of fused-ring (bicyclic) bond motifs is 1. The molecule has 0 unspecified atom stereocenters. The van der Waals surface area contributed by atoms with Crippen LogP contribution >= 0.6 is 0 Å². The Morgan fingerprint density at radius 3 is 2.34 bits per heavy atom. The summed E-state index contributed by atoms with van der Waals surface area (Å²) in [6.45, 7) is 7.08. The first-order valence-corrected chi connectivity index (χ1v) is 12.4. The van der Waals surface area contributed by atoms with Gasteiger partial charge in [0.05, 0.1) is 16.6 Å². The molecular formula is C26H31F4N3O5. The largest absolute Gasteiger partial charge is 0.477 e. The SMILES string of the molecule is C[C@H]([C@@H]1CCN(c2c(F)cc3c(=O)c(C(=O)O)cn(C4CC4)c3c2C(F)(F)F)C1)N(C)C(=O)OC(C)(C)C. The second-order valence-corrected chi connectivity index (χ2v) is 11.1. The minimum atomic E-state index is -5.03. The van der Waals surface area contributed by atoms with E-state index in [4.69, 9.17) is 4.74 Å². The number of hydrogen-bond acceptors (Lipinski definition) is 5. The molecule has 38 heavy (non-hydrogen) atoms. The van der Waals surface area contributed by atoms with E-state index >= 15 is 4.39 Å². The number of aromatic carboxylic acids is 1. The molecule has 1 aromatic carbocycles. The van der Waals surface area contributed by atoms with Gasteiger partial charge in [0.1, 0.15) is 22.5 Å². The Morgan fingerprint density at radius 1 is 1.18 bits per heavy atom. The molecule has 2 heterocycles. The molecular weight excluding hydrogens is 510 g/mol. The second kappa shape index (κ2) is 9.46. The molecule has 1 saturated carbocycles. The van der Waals surface area contributed by atoms with Crippen molar-refractivity contribution in [1.29, 1.82) is 0 Å². The van der Waals surface area contributed by atoms with Gasteiger partial charge in [0.25, 0.3) is 0 Å². The van der Waals surface area contributed by atoms with Crippen LogP contribution in [0.15, 0.2) is 17.1 Å². The maximum Gasteiger partial charge on any atom is 0.420 e. The highest BCUT2D eigenvalue weighted by molar-refractivity contribution is 5.95. The van der Waals surface area contributed by atoms with Crippen LogP contribution in [0.5, 0.6) is 0 Å². The van der Waals surface area contributed by atoms with E-state index in [9.17, 15) is 32.7 Å². The Labute approximate surface area is 216 Å². The van der Waals surface area contributed by atoms with Crippen molar-refractivity contribution in [3.63, 3.8) is 0 Å². The van der Waals surface area contributed by atoms with E-state index in [2.05, 4.69) is 0 Å². The topological polar surface area (TPSA) is 92.1 Å². The lowest BCUT2D eigenvalue weighted by atomic mass is 9.99. The maximum absolute atomic E-state index is 15.5. The van der Waals surface area contributed by atoms with Gasteiger partial charge in [-0.25, -0.2) is 14.0 Å². The highest BCUT2D eigenvalue weighted by atomic mass is 19.4. The zero-order chi connectivity index (χ0) is 28.3. The van der Waals surface area contributed by atoms with E-state index in [1.807, 2.05) is 0 Å². The third-order valence-corrected chi connectivity index (χ3v) is 7.21. The first-order valence-electron chi connectivity index (χ1n) is 12.4. The fourth-order valence-electron chi connectivity index (χ4n) is 5.05. The van der Waals surface area contributed by atoms with Gasteiger partial charge >= 0.3 is 18.2 Å². The van der Waals surface area contributed by atoms with Gasteiger partial charge in [0.2, 0.25) is 5.43 Å². The number of hydrogen-bond donors (Lipinski definition) is 1. The maximum atomic E-state index is 15.5. The molecule has 1 aliphatic heterocycles. The van der Waals surface area contributed by atoms with E-state index in [0.29, 0.717) is 19.3 Å². The number of carbonyl (C=O) groups excluding carboxylic acids is 1. The van der Waals surface area contributed by atoms with Crippen molar-refractivity contribution in [3.8, 4) is 0 Å². The van der Waals surface area contributed by atoms with Gasteiger partial charge < -0.3 is 24.2 Å². The van der Waals surface area contributed by atoms with Crippen LogP contribution in [0.25, 0.3) is 10.9 Å². The highest BCUT2D eigenvalue weighted by Gasteiger charge is 2.44. The molecule has 1 N–H and O–H groups in total. The Balaban J connectivity index is 1.79.